The summed E-state index contributed by atoms with van der Waals surface area (Å²) in [6, 6.07) is 6.54. The fourth-order valence-corrected chi connectivity index (χ4v) is 3.56. The Labute approximate surface area is 160 Å². The number of halogens is 5. The monoisotopic (exact) mass is 393 g/mol. The normalized spacial score (nSPS) is 20.0. The molecule has 1 N–H and O–H groups in total. The highest BCUT2D eigenvalue weighted by Gasteiger charge is 2.32. The average Bonchev–Trinajstić information content (AvgIpc) is 2.65. The number of carbonyl (C=O) groups excluding carboxylic acids is 1. The van der Waals surface area contributed by atoms with Crippen molar-refractivity contribution < 1.29 is 26.7 Å². The maximum absolute atomic E-state index is 14.0. The lowest BCUT2D eigenvalue weighted by atomic mass is 9.77. The highest BCUT2D eigenvalue weighted by Crippen LogP contribution is 2.37. The molecule has 1 amide bonds. The Morgan fingerprint density at radius 2 is 1.79 bits per heavy atom. The summed E-state index contributed by atoms with van der Waals surface area (Å²) in [6.45, 7) is 0. The first kappa shape index (κ1) is 20.4. The van der Waals surface area contributed by atoms with Crippen molar-refractivity contribution in [2.24, 2.45) is 5.92 Å². The molecule has 0 spiro atoms. The molecule has 2 unspecified atom stereocenters. The highest BCUT2D eigenvalue weighted by molar-refractivity contribution is 6.32. The van der Waals surface area contributed by atoms with Crippen molar-refractivity contribution in [2.75, 3.05) is 5.32 Å². The minimum Gasteiger partial charge on any atom is -0.323 e. The fourth-order valence-electron chi connectivity index (χ4n) is 3.56. The molecule has 0 saturated heterocycles. The van der Waals surface area contributed by atoms with Crippen LogP contribution < -0.4 is 10.8 Å². The fraction of sp³-hybridized carbons (Fsp3) is 0.350. The van der Waals surface area contributed by atoms with Crippen LogP contribution in [-0.4, -0.2) is 13.8 Å². The maximum atomic E-state index is 14.0. The number of anilines is 1. The second-order valence-electron chi connectivity index (χ2n) is 7.02. The van der Waals surface area contributed by atoms with Crippen molar-refractivity contribution in [3.8, 4) is 0 Å². The van der Waals surface area contributed by atoms with E-state index >= 15 is 0 Å². The van der Waals surface area contributed by atoms with Crippen molar-refractivity contribution in [3.63, 3.8) is 0 Å². The van der Waals surface area contributed by atoms with Crippen LogP contribution >= 0.6 is 0 Å². The molecular weight excluding hydrogens is 376 g/mol. The molecule has 1 aliphatic rings. The van der Waals surface area contributed by atoms with E-state index in [1.165, 1.54) is 12.1 Å². The second-order valence-corrected chi connectivity index (χ2v) is 7.02. The van der Waals surface area contributed by atoms with E-state index in [2.05, 4.69) is 5.32 Å². The third-order valence-corrected chi connectivity index (χ3v) is 5.10. The van der Waals surface area contributed by atoms with E-state index in [1.54, 1.807) is 6.07 Å². The van der Waals surface area contributed by atoms with Crippen molar-refractivity contribution in [1.82, 2.24) is 0 Å². The third-order valence-electron chi connectivity index (χ3n) is 5.10. The minimum atomic E-state index is -4.66. The van der Waals surface area contributed by atoms with Gasteiger partial charge in [-0.1, -0.05) is 24.0 Å². The van der Waals surface area contributed by atoms with Gasteiger partial charge in [0, 0.05) is 5.92 Å². The summed E-state index contributed by atoms with van der Waals surface area (Å²) in [7, 11) is 5.49. The summed E-state index contributed by atoms with van der Waals surface area (Å²) < 4.78 is 65.5. The summed E-state index contributed by atoms with van der Waals surface area (Å²) in [4.78, 5) is 12.5. The molecule has 0 heterocycles. The first-order valence-corrected chi connectivity index (χ1v) is 8.87. The molecule has 2 aromatic carbocycles. The third kappa shape index (κ3) is 4.54. The molecule has 2 aromatic rings. The van der Waals surface area contributed by atoms with Crippen molar-refractivity contribution in [1.29, 1.82) is 0 Å². The van der Waals surface area contributed by atoms with Gasteiger partial charge in [-0.3, -0.25) is 4.79 Å². The molecule has 0 aromatic heterocycles. The first-order valence-electron chi connectivity index (χ1n) is 8.87. The number of benzene rings is 2. The zero-order valence-electron chi connectivity index (χ0n) is 14.8. The number of carbonyl (C=O) groups is 1. The minimum absolute atomic E-state index is 0.0444. The van der Waals surface area contributed by atoms with Gasteiger partial charge in [-0.2, -0.15) is 13.2 Å². The summed E-state index contributed by atoms with van der Waals surface area (Å²) in [6.07, 6.45) is -2.14. The topological polar surface area (TPSA) is 29.1 Å². The maximum Gasteiger partial charge on any atom is 0.416 e. The van der Waals surface area contributed by atoms with Crippen molar-refractivity contribution in [3.05, 3.63) is 59.2 Å². The lowest BCUT2D eigenvalue weighted by Gasteiger charge is -2.29. The molecular formula is C20H17BF5NO. The molecule has 146 valence electrons. The quantitative estimate of drug-likeness (QED) is 0.595. The number of hydrogen-bond donors (Lipinski definition) is 1. The van der Waals surface area contributed by atoms with Gasteiger partial charge in [0.15, 0.2) is 0 Å². The number of alkyl halides is 3. The van der Waals surface area contributed by atoms with Gasteiger partial charge in [0.1, 0.15) is 19.5 Å². The van der Waals surface area contributed by atoms with Gasteiger partial charge in [-0.15, -0.1) is 0 Å². The lowest BCUT2D eigenvalue weighted by Crippen LogP contribution is -2.28. The van der Waals surface area contributed by atoms with Crippen LogP contribution in [0.2, 0.25) is 0 Å². The van der Waals surface area contributed by atoms with Gasteiger partial charge in [-0.05, 0) is 55.0 Å². The van der Waals surface area contributed by atoms with Crippen LogP contribution in [-0.2, 0) is 11.0 Å². The molecule has 8 heteroatoms. The lowest BCUT2D eigenvalue weighted by molar-refractivity contribution is -0.137. The van der Waals surface area contributed by atoms with Crippen molar-refractivity contribution >= 4 is 24.9 Å². The molecule has 2 atom stereocenters. The van der Waals surface area contributed by atoms with E-state index in [4.69, 9.17) is 7.85 Å². The molecule has 2 nitrogen and oxygen atoms in total. The summed E-state index contributed by atoms with van der Waals surface area (Å²) in [5, 5.41) is 2.38. The Kier molecular flexibility index (Phi) is 5.77. The molecule has 28 heavy (non-hydrogen) atoms. The number of amides is 1. The SMILES string of the molecule is [B]c1ccc(C2CCCC(C(=O)Nc3ccc(C(F)(F)F)cc3F)C2)cc1F. The van der Waals surface area contributed by atoms with E-state index in [1.807, 2.05) is 0 Å². The van der Waals surface area contributed by atoms with Crippen molar-refractivity contribution in [2.45, 2.75) is 37.8 Å². The standard InChI is InChI=1S/C20H17BF5NO/c21-15-6-4-12(9-16(15)22)11-2-1-3-13(8-11)19(28)27-18-7-5-14(10-17(18)23)20(24,25)26/h4-7,9-11,13H,1-3,8H2,(H,27,28). The number of hydrogen-bond acceptors (Lipinski definition) is 1. The zero-order chi connectivity index (χ0) is 20.5. The van der Waals surface area contributed by atoms with Gasteiger partial charge in [0.2, 0.25) is 5.91 Å². The Balaban J connectivity index is 1.70. The predicted octanol–water partition coefficient (Wildman–Crippen LogP) is 4.69. The van der Waals surface area contributed by atoms with Crippen LogP contribution in [0.4, 0.5) is 27.6 Å². The molecule has 1 fully saturated rings. The second kappa shape index (κ2) is 7.93. The van der Waals surface area contributed by atoms with Crippen LogP contribution in [0.5, 0.6) is 0 Å². The molecule has 1 aliphatic carbocycles. The average molecular weight is 393 g/mol. The molecule has 0 bridgehead atoms. The summed E-state index contributed by atoms with van der Waals surface area (Å²) in [5.74, 6) is -2.61. The smallest absolute Gasteiger partial charge is 0.323 e. The van der Waals surface area contributed by atoms with E-state index in [-0.39, 0.29) is 17.1 Å². The molecule has 0 aliphatic heterocycles. The highest BCUT2D eigenvalue weighted by atomic mass is 19.4. The Morgan fingerprint density at radius 3 is 2.43 bits per heavy atom. The van der Waals surface area contributed by atoms with Gasteiger partial charge in [0.05, 0.1) is 11.3 Å². The molecule has 2 radical (unpaired) electrons. The van der Waals surface area contributed by atoms with E-state index < -0.39 is 35.2 Å². The van der Waals surface area contributed by atoms with Crippen LogP contribution in [0.25, 0.3) is 0 Å². The zero-order valence-corrected chi connectivity index (χ0v) is 14.8. The van der Waals surface area contributed by atoms with Gasteiger partial charge >= 0.3 is 6.18 Å². The van der Waals surface area contributed by atoms with Gasteiger partial charge < -0.3 is 5.32 Å². The molecule has 3 rings (SSSR count). The van der Waals surface area contributed by atoms with Gasteiger partial charge in [-0.25, -0.2) is 8.78 Å². The molecule has 1 saturated carbocycles. The van der Waals surface area contributed by atoms with Crippen LogP contribution in [0.1, 0.15) is 42.7 Å². The Morgan fingerprint density at radius 1 is 1.04 bits per heavy atom. The van der Waals surface area contributed by atoms with Crippen LogP contribution in [0.3, 0.4) is 0 Å². The van der Waals surface area contributed by atoms with Crippen LogP contribution in [0, 0.1) is 17.6 Å². The van der Waals surface area contributed by atoms with Crippen LogP contribution in [0.15, 0.2) is 36.4 Å². The Bertz CT molecular complexity index is 883. The number of rotatable bonds is 3. The Hall–Kier alpha value is -2.38. The van der Waals surface area contributed by atoms with Gasteiger partial charge in [0.25, 0.3) is 0 Å². The first-order chi connectivity index (χ1) is 13.1. The predicted molar refractivity (Wildman–Crippen MR) is 96.5 cm³/mol. The van der Waals surface area contributed by atoms with E-state index in [0.29, 0.717) is 18.9 Å². The van der Waals surface area contributed by atoms with E-state index in [0.717, 1.165) is 30.5 Å². The largest absolute Gasteiger partial charge is 0.416 e. The number of nitrogens with one attached hydrogen (secondary N) is 1. The summed E-state index contributed by atoms with van der Waals surface area (Å²) >= 11 is 0. The van der Waals surface area contributed by atoms with E-state index in [9.17, 15) is 26.7 Å². The summed E-state index contributed by atoms with van der Waals surface area (Å²) in [5.41, 5.74) is -0.624.